The molecule has 2 aliphatic rings. The van der Waals surface area contributed by atoms with Crippen molar-refractivity contribution in [1.82, 2.24) is 15.1 Å². The molecule has 2 saturated heterocycles. The molecule has 120 valence electrons. The van der Waals surface area contributed by atoms with Crippen molar-refractivity contribution in [2.45, 2.75) is 19.5 Å². The van der Waals surface area contributed by atoms with Crippen molar-refractivity contribution >= 4 is 6.03 Å². The van der Waals surface area contributed by atoms with E-state index in [1.807, 2.05) is 17.0 Å². The average molecular weight is 311 g/mol. The molecule has 0 spiro atoms. The van der Waals surface area contributed by atoms with Crippen molar-refractivity contribution in [2.75, 3.05) is 26.2 Å². The number of hydrogen-bond acceptors (Lipinski definition) is 3. The fourth-order valence-corrected chi connectivity index (χ4v) is 3.26. The molecule has 5 heteroatoms. The summed E-state index contributed by atoms with van der Waals surface area (Å²) in [5.41, 5.74) is 2.36. The highest BCUT2D eigenvalue weighted by Gasteiger charge is 2.36. The van der Waals surface area contributed by atoms with Gasteiger partial charge in [-0.15, -0.1) is 0 Å². The van der Waals surface area contributed by atoms with E-state index in [0.717, 1.165) is 49.8 Å². The summed E-state index contributed by atoms with van der Waals surface area (Å²) in [4.78, 5) is 15.9. The van der Waals surface area contributed by atoms with Crippen molar-refractivity contribution < 1.29 is 9.21 Å². The Bertz CT molecular complexity index is 701. The topological polar surface area (TPSA) is 48.7 Å². The Morgan fingerprint density at radius 1 is 1.17 bits per heavy atom. The molecule has 2 amide bonds. The zero-order valence-corrected chi connectivity index (χ0v) is 13.3. The van der Waals surface area contributed by atoms with Gasteiger partial charge in [0.2, 0.25) is 0 Å². The largest absolute Gasteiger partial charge is 0.460 e. The summed E-state index contributed by atoms with van der Waals surface area (Å²) >= 11 is 0. The van der Waals surface area contributed by atoms with Gasteiger partial charge in [0.25, 0.3) is 0 Å². The number of likely N-dealkylation sites (tertiary alicyclic amines) is 1. The summed E-state index contributed by atoms with van der Waals surface area (Å²) in [5, 5.41) is 2.86. The second kappa shape index (κ2) is 5.74. The van der Waals surface area contributed by atoms with Crippen molar-refractivity contribution in [1.29, 1.82) is 0 Å². The monoisotopic (exact) mass is 311 g/mol. The quantitative estimate of drug-likeness (QED) is 0.943. The maximum Gasteiger partial charge on any atom is 0.317 e. The van der Waals surface area contributed by atoms with Gasteiger partial charge in [-0.3, -0.25) is 4.90 Å². The Balaban J connectivity index is 1.34. The van der Waals surface area contributed by atoms with Gasteiger partial charge in [-0.2, -0.15) is 0 Å². The molecule has 1 aromatic carbocycles. The van der Waals surface area contributed by atoms with E-state index in [2.05, 4.69) is 41.4 Å². The minimum absolute atomic E-state index is 0.0781. The molecule has 0 saturated carbocycles. The van der Waals surface area contributed by atoms with Crippen LogP contribution in [0.1, 0.15) is 11.3 Å². The number of aryl methyl sites for hydroxylation is 1. The smallest absolute Gasteiger partial charge is 0.317 e. The molecule has 0 radical (unpaired) electrons. The van der Waals surface area contributed by atoms with E-state index in [1.165, 1.54) is 5.56 Å². The van der Waals surface area contributed by atoms with Crippen molar-refractivity contribution in [3.8, 4) is 11.3 Å². The van der Waals surface area contributed by atoms with Crippen LogP contribution in [0.4, 0.5) is 4.79 Å². The van der Waals surface area contributed by atoms with Crippen molar-refractivity contribution in [3.63, 3.8) is 0 Å². The molecule has 1 N–H and O–H groups in total. The first-order valence-corrected chi connectivity index (χ1v) is 8.11. The van der Waals surface area contributed by atoms with Crippen molar-refractivity contribution in [2.24, 2.45) is 0 Å². The van der Waals surface area contributed by atoms with Gasteiger partial charge in [-0.05, 0) is 19.1 Å². The molecular formula is C18H21N3O2. The first kappa shape index (κ1) is 14.3. The van der Waals surface area contributed by atoms with Crippen LogP contribution < -0.4 is 5.32 Å². The molecule has 0 atom stereocenters. The first-order valence-electron chi connectivity index (χ1n) is 8.11. The summed E-state index contributed by atoms with van der Waals surface area (Å²) in [6, 6.07) is 12.9. The molecule has 0 aliphatic carbocycles. The summed E-state index contributed by atoms with van der Waals surface area (Å²) < 4.78 is 5.96. The minimum Gasteiger partial charge on any atom is -0.460 e. The molecule has 2 aromatic rings. The van der Waals surface area contributed by atoms with Crippen LogP contribution in [0.25, 0.3) is 11.3 Å². The number of hydrogen-bond donors (Lipinski definition) is 1. The van der Waals surface area contributed by atoms with Crippen LogP contribution in [-0.4, -0.2) is 48.1 Å². The molecule has 3 heterocycles. The maximum absolute atomic E-state index is 11.6. The van der Waals surface area contributed by atoms with Crippen LogP contribution in [0.5, 0.6) is 0 Å². The van der Waals surface area contributed by atoms with Crippen LogP contribution in [0, 0.1) is 6.92 Å². The number of benzene rings is 1. The maximum atomic E-state index is 11.6. The van der Waals surface area contributed by atoms with Gasteiger partial charge in [-0.25, -0.2) is 4.79 Å². The lowest BCUT2D eigenvalue weighted by Crippen LogP contribution is -2.59. The standard InChI is InChI=1S/C18H21N3O2/c1-13-2-4-14(5-3-13)17-7-6-16(23-17)12-20-10-15(11-20)21-9-8-19-18(21)22/h2-7,15H,8-12H2,1H3,(H,19,22). The van der Waals surface area contributed by atoms with Crippen LogP contribution in [0.2, 0.25) is 0 Å². The Labute approximate surface area is 135 Å². The van der Waals surface area contributed by atoms with Gasteiger partial charge in [0.1, 0.15) is 11.5 Å². The normalized spacial score (nSPS) is 19.0. The molecule has 23 heavy (non-hydrogen) atoms. The highest BCUT2D eigenvalue weighted by molar-refractivity contribution is 5.76. The number of urea groups is 1. The summed E-state index contributed by atoms with van der Waals surface area (Å²) in [6.07, 6.45) is 0. The van der Waals surface area contributed by atoms with Crippen molar-refractivity contribution in [3.05, 3.63) is 47.7 Å². The Morgan fingerprint density at radius 3 is 2.65 bits per heavy atom. The molecule has 0 bridgehead atoms. The lowest BCUT2D eigenvalue weighted by molar-refractivity contribution is 0.0539. The second-order valence-corrected chi connectivity index (χ2v) is 6.41. The number of furan rings is 1. The number of amides is 2. The predicted molar refractivity (Wildman–Crippen MR) is 88.1 cm³/mol. The minimum atomic E-state index is 0.0781. The SMILES string of the molecule is Cc1ccc(-c2ccc(CN3CC(N4CCNC4=O)C3)o2)cc1. The fraction of sp³-hybridized carbons (Fsp3) is 0.389. The molecule has 2 aliphatic heterocycles. The fourth-order valence-electron chi connectivity index (χ4n) is 3.26. The van der Waals surface area contributed by atoms with Gasteiger partial charge >= 0.3 is 6.03 Å². The van der Waals surface area contributed by atoms with E-state index in [1.54, 1.807) is 0 Å². The second-order valence-electron chi connectivity index (χ2n) is 6.41. The zero-order chi connectivity index (χ0) is 15.8. The van der Waals surface area contributed by atoms with E-state index < -0.39 is 0 Å². The van der Waals surface area contributed by atoms with Crippen LogP contribution in [-0.2, 0) is 6.54 Å². The molecule has 0 unspecified atom stereocenters. The summed E-state index contributed by atoms with van der Waals surface area (Å²) in [6.45, 7) is 6.33. The molecule has 1 aromatic heterocycles. The zero-order valence-electron chi connectivity index (χ0n) is 13.3. The van der Waals surface area contributed by atoms with Gasteiger partial charge in [0.05, 0.1) is 12.6 Å². The molecule has 5 nitrogen and oxygen atoms in total. The highest BCUT2D eigenvalue weighted by Crippen LogP contribution is 2.25. The third kappa shape index (κ3) is 2.84. The van der Waals surface area contributed by atoms with Crippen LogP contribution in [0.3, 0.4) is 0 Å². The van der Waals surface area contributed by atoms with Gasteiger partial charge in [-0.1, -0.05) is 29.8 Å². The molecular weight excluding hydrogens is 290 g/mol. The van der Waals surface area contributed by atoms with E-state index in [0.29, 0.717) is 6.04 Å². The lowest BCUT2D eigenvalue weighted by Gasteiger charge is -2.43. The van der Waals surface area contributed by atoms with E-state index in [-0.39, 0.29) is 6.03 Å². The number of nitrogens with zero attached hydrogens (tertiary/aromatic N) is 2. The van der Waals surface area contributed by atoms with Gasteiger partial charge < -0.3 is 14.6 Å². The Morgan fingerprint density at radius 2 is 1.96 bits per heavy atom. The Hall–Kier alpha value is -2.27. The van der Waals surface area contributed by atoms with E-state index in [4.69, 9.17) is 4.42 Å². The summed E-state index contributed by atoms with van der Waals surface area (Å²) in [7, 11) is 0. The van der Waals surface area contributed by atoms with Crippen LogP contribution in [0.15, 0.2) is 40.8 Å². The van der Waals surface area contributed by atoms with Gasteiger partial charge in [0.15, 0.2) is 0 Å². The number of carbonyl (C=O) groups excluding carboxylic acids is 1. The molecule has 2 fully saturated rings. The number of rotatable bonds is 4. The first-order chi connectivity index (χ1) is 11.2. The lowest BCUT2D eigenvalue weighted by atomic mass is 10.1. The summed E-state index contributed by atoms with van der Waals surface area (Å²) in [5.74, 6) is 1.89. The number of nitrogens with one attached hydrogen (secondary N) is 1. The van der Waals surface area contributed by atoms with Gasteiger partial charge in [0, 0.05) is 31.7 Å². The Kier molecular flexibility index (Phi) is 3.58. The predicted octanol–water partition coefficient (Wildman–Crippen LogP) is 2.46. The van der Waals surface area contributed by atoms with E-state index >= 15 is 0 Å². The van der Waals surface area contributed by atoms with E-state index in [9.17, 15) is 4.79 Å². The molecule has 4 rings (SSSR count). The average Bonchev–Trinajstić information content (AvgIpc) is 3.12. The third-order valence-electron chi connectivity index (χ3n) is 4.65. The third-order valence-corrected chi connectivity index (χ3v) is 4.65. The highest BCUT2D eigenvalue weighted by atomic mass is 16.3. The number of carbonyl (C=O) groups is 1. The van der Waals surface area contributed by atoms with Crippen LogP contribution >= 0.6 is 0 Å².